The summed E-state index contributed by atoms with van der Waals surface area (Å²) in [4.78, 5) is 4.43. The lowest BCUT2D eigenvalue weighted by atomic mass is 10.2. The summed E-state index contributed by atoms with van der Waals surface area (Å²) in [6, 6.07) is 7.79. The third-order valence-electron chi connectivity index (χ3n) is 2.92. The second-order valence-corrected chi connectivity index (χ2v) is 5.44. The molecule has 1 N–H and O–H groups in total. The summed E-state index contributed by atoms with van der Waals surface area (Å²) in [5.74, 6) is 1.90. The van der Waals surface area contributed by atoms with Crippen LogP contribution in [-0.2, 0) is 0 Å². The number of aromatic nitrogens is 3. The molecular weight excluding hydrogens is 256 g/mol. The predicted molar refractivity (Wildman–Crippen MR) is 82.7 cm³/mol. The van der Waals surface area contributed by atoms with Gasteiger partial charge in [0.15, 0.2) is 0 Å². The van der Waals surface area contributed by atoms with E-state index in [0.29, 0.717) is 5.95 Å². The Morgan fingerprint density at radius 2 is 1.79 bits per heavy atom. The molecule has 0 aliphatic rings. The van der Waals surface area contributed by atoms with Crippen molar-refractivity contribution in [2.75, 3.05) is 23.9 Å². The molecule has 4 nitrogen and oxygen atoms in total. The minimum absolute atomic E-state index is 0.628. The van der Waals surface area contributed by atoms with Crippen molar-refractivity contribution in [1.82, 2.24) is 15.2 Å². The molecule has 1 aromatic heterocycles. The van der Waals surface area contributed by atoms with Gasteiger partial charge in [0, 0.05) is 6.54 Å². The molecule has 0 aliphatic carbocycles. The summed E-state index contributed by atoms with van der Waals surface area (Å²) in [5, 5.41) is 11.5. The predicted octanol–water partition coefficient (Wildman–Crippen LogP) is 3.36. The summed E-state index contributed by atoms with van der Waals surface area (Å²) in [5.41, 5.74) is 1.73. The Balaban J connectivity index is 1.72. The van der Waals surface area contributed by atoms with Gasteiger partial charge in [-0.2, -0.15) is 11.8 Å². The number of hydrogen-bond donors (Lipinski definition) is 1. The Hall–Kier alpha value is -1.36. The van der Waals surface area contributed by atoms with Crippen LogP contribution in [0.15, 0.2) is 24.3 Å². The van der Waals surface area contributed by atoms with Gasteiger partial charge >= 0.3 is 0 Å². The number of nitrogens with one attached hydrogen (secondary N) is 1. The third-order valence-corrected chi connectivity index (χ3v) is 3.62. The SMILES string of the molecule is CSCCCCCCNc1nnc2ccccc2n1. The average Bonchev–Trinajstić information content (AvgIpc) is 2.46. The molecule has 0 atom stereocenters. The number of para-hydroxylation sites is 1. The molecule has 0 bridgehead atoms. The molecule has 1 aromatic carbocycles. The molecule has 19 heavy (non-hydrogen) atoms. The molecule has 0 unspecified atom stereocenters. The lowest BCUT2D eigenvalue weighted by molar-refractivity contribution is 0.687. The maximum atomic E-state index is 4.43. The fraction of sp³-hybridized carbons (Fsp3) is 0.500. The van der Waals surface area contributed by atoms with Crippen LogP contribution >= 0.6 is 11.8 Å². The first-order chi connectivity index (χ1) is 9.40. The van der Waals surface area contributed by atoms with E-state index in [2.05, 4.69) is 26.8 Å². The molecule has 0 saturated carbocycles. The lowest BCUT2D eigenvalue weighted by Gasteiger charge is -2.04. The number of nitrogens with zero attached hydrogens (tertiary/aromatic N) is 3. The van der Waals surface area contributed by atoms with E-state index in [1.807, 2.05) is 36.0 Å². The molecule has 0 saturated heterocycles. The minimum atomic E-state index is 0.628. The highest BCUT2D eigenvalue weighted by molar-refractivity contribution is 7.98. The highest BCUT2D eigenvalue weighted by Crippen LogP contribution is 2.09. The van der Waals surface area contributed by atoms with Crippen LogP contribution in [0.2, 0.25) is 0 Å². The molecule has 0 amide bonds. The second kappa shape index (κ2) is 7.94. The van der Waals surface area contributed by atoms with Gasteiger partial charge in [-0.15, -0.1) is 10.2 Å². The smallest absolute Gasteiger partial charge is 0.243 e. The fourth-order valence-electron chi connectivity index (χ4n) is 1.88. The van der Waals surface area contributed by atoms with Crippen molar-refractivity contribution in [1.29, 1.82) is 0 Å². The average molecular weight is 276 g/mol. The zero-order chi connectivity index (χ0) is 13.3. The van der Waals surface area contributed by atoms with E-state index < -0.39 is 0 Å². The van der Waals surface area contributed by atoms with Crippen LogP contribution in [0.1, 0.15) is 25.7 Å². The van der Waals surface area contributed by atoms with Gasteiger partial charge in [-0.25, -0.2) is 4.98 Å². The van der Waals surface area contributed by atoms with E-state index in [1.165, 1.54) is 25.0 Å². The molecule has 0 fully saturated rings. The summed E-state index contributed by atoms with van der Waals surface area (Å²) >= 11 is 1.92. The van der Waals surface area contributed by atoms with Gasteiger partial charge in [0.25, 0.3) is 0 Å². The molecule has 2 rings (SSSR count). The van der Waals surface area contributed by atoms with E-state index in [4.69, 9.17) is 0 Å². The molecule has 2 aromatic rings. The maximum Gasteiger partial charge on any atom is 0.243 e. The van der Waals surface area contributed by atoms with E-state index in [1.54, 1.807) is 0 Å². The fourth-order valence-corrected chi connectivity index (χ4v) is 2.37. The third kappa shape index (κ3) is 4.67. The molecule has 0 aliphatic heterocycles. The van der Waals surface area contributed by atoms with Crippen LogP contribution in [0.4, 0.5) is 5.95 Å². The number of anilines is 1. The number of benzene rings is 1. The Morgan fingerprint density at radius 1 is 1.00 bits per heavy atom. The number of hydrogen-bond acceptors (Lipinski definition) is 5. The van der Waals surface area contributed by atoms with E-state index in [9.17, 15) is 0 Å². The van der Waals surface area contributed by atoms with Crippen LogP contribution in [0, 0.1) is 0 Å². The Labute approximate surface area is 118 Å². The molecule has 0 radical (unpaired) electrons. The van der Waals surface area contributed by atoms with Crippen molar-refractivity contribution >= 4 is 28.7 Å². The maximum absolute atomic E-state index is 4.43. The summed E-state index contributed by atoms with van der Waals surface area (Å²) in [7, 11) is 0. The quantitative estimate of drug-likeness (QED) is 0.749. The first-order valence-corrected chi connectivity index (χ1v) is 8.12. The van der Waals surface area contributed by atoms with Crippen LogP contribution < -0.4 is 5.32 Å². The monoisotopic (exact) mass is 276 g/mol. The van der Waals surface area contributed by atoms with Crippen molar-refractivity contribution in [3.05, 3.63) is 24.3 Å². The van der Waals surface area contributed by atoms with E-state index in [0.717, 1.165) is 24.0 Å². The Kier molecular flexibility index (Phi) is 5.88. The highest BCUT2D eigenvalue weighted by atomic mass is 32.2. The first-order valence-electron chi connectivity index (χ1n) is 6.72. The lowest BCUT2D eigenvalue weighted by Crippen LogP contribution is -2.06. The van der Waals surface area contributed by atoms with Crippen molar-refractivity contribution in [2.45, 2.75) is 25.7 Å². The number of unbranched alkanes of at least 4 members (excludes halogenated alkanes) is 3. The Bertz CT molecular complexity index is 504. The Morgan fingerprint density at radius 3 is 2.63 bits per heavy atom. The normalized spacial score (nSPS) is 10.8. The molecule has 1 heterocycles. The van der Waals surface area contributed by atoms with E-state index >= 15 is 0 Å². The number of thioether (sulfide) groups is 1. The standard InChI is InChI=1S/C14H20N4S/c1-19-11-7-3-2-6-10-15-14-16-12-8-4-5-9-13(12)17-18-14/h4-5,8-9H,2-3,6-7,10-11H2,1H3,(H,15,16,18). The summed E-state index contributed by atoms with van der Waals surface area (Å²) in [6.07, 6.45) is 7.19. The molecular formula is C14H20N4S. The van der Waals surface area contributed by atoms with Gasteiger partial charge in [0.05, 0.1) is 5.52 Å². The largest absolute Gasteiger partial charge is 0.353 e. The van der Waals surface area contributed by atoms with Crippen molar-refractivity contribution in [3.63, 3.8) is 0 Å². The zero-order valence-corrected chi connectivity index (χ0v) is 12.1. The summed E-state index contributed by atoms with van der Waals surface area (Å²) < 4.78 is 0. The van der Waals surface area contributed by atoms with Crippen LogP contribution in [0.5, 0.6) is 0 Å². The highest BCUT2D eigenvalue weighted by Gasteiger charge is 1.99. The molecule has 102 valence electrons. The van der Waals surface area contributed by atoms with Crippen LogP contribution in [0.3, 0.4) is 0 Å². The number of fused-ring (bicyclic) bond motifs is 1. The zero-order valence-electron chi connectivity index (χ0n) is 11.3. The van der Waals surface area contributed by atoms with E-state index in [-0.39, 0.29) is 0 Å². The minimum Gasteiger partial charge on any atom is -0.353 e. The van der Waals surface area contributed by atoms with Gasteiger partial charge in [0.1, 0.15) is 5.52 Å². The van der Waals surface area contributed by atoms with Crippen LogP contribution in [-0.4, -0.2) is 33.7 Å². The second-order valence-electron chi connectivity index (χ2n) is 4.46. The van der Waals surface area contributed by atoms with Gasteiger partial charge in [-0.1, -0.05) is 25.0 Å². The van der Waals surface area contributed by atoms with Crippen molar-refractivity contribution < 1.29 is 0 Å². The van der Waals surface area contributed by atoms with Crippen molar-refractivity contribution in [2.24, 2.45) is 0 Å². The van der Waals surface area contributed by atoms with Crippen LogP contribution in [0.25, 0.3) is 11.0 Å². The molecule has 0 spiro atoms. The van der Waals surface area contributed by atoms with Gasteiger partial charge in [-0.3, -0.25) is 0 Å². The molecule has 5 heteroatoms. The van der Waals surface area contributed by atoms with Gasteiger partial charge in [0.2, 0.25) is 5.95 Å². The summed E-state index contributed by atoms with van der Waals surface area (Å²) in [6.45, 7) is 0.916. The van der Waals surface area contributed by atoms with Gasteiger partial charge in [-0.05, 0) is 37.0 Å². The first kappa shape index (κ1) is 14.1. The topological polar surface area (TPSA) is 50.7 Å². The number of rotatable bonds is 8. The van der Waals surface area contributed by atoms with Crippen molar-refractivity contribution in [3.8, 4) is 0 Å². The van der Waals surface area contributed by atoms with Gasteiger partial charge < -0.3 is 5.32 Å².